The van der Waals surface area contributed by atoms with Crippen LogP contribution in [0.3, 0.4) is 0 Å². The molecule has 128 valence electrons. The highest BCUT2D eigenvalue weighted by atomic mass is 32.2. The van der Waals surface area contributed by atoms with Crippen LogP contribution >= 0.6 is 11.8 Å². The number of nitriles is 1. The number of nitro groups is 2. The number of thioether (sulfide) groups is 1. The summed E-state index contributed by atoms with van der Waals surface area (Å²) in [5.74, 6) is -0.0120. The molecule has 1 atom stereocenters. The van der Waals surface area contributed by atoms with Gasteiger partial charge >= 0.3 is 0 Å². The zero-order valence-corrected chi connectivity index (χ0v) is 13.7. The Balaban J connectivity index is 2.18. The van der Waals surface area contributed by atoms with Crippen LogP contribution < -0.4 is 5.73 Å². The van der Waals surface area contributed by atoms with Crippen LogP contribution in [-0.2, 0) is 0 Å². The normalized spacial score (nSPS) is 20.1. The monoisotopic (exact) mass is 359 g/mol. The molecule has 0 spiro atoms. The number of nitrogens with two attached hydrogens (primary N) is 1. The summed E-state index contributed by atoms with van der Waals surface area (Å²) in [4.78, 5) is 23.2. The van der Waals surface area contributed by atoms with E-state index in [1.54, 1.807) is 4.90 Å². The molecular formula is C15H13N5O4S. The van der Waals surface area contributed by atoms with Crippen LogP contribution in [0.1, 0.15) is 17.9 Å². The Labute approximate surface area is 146 Å². The molecule has 1 unspecified atom stereocenters. The van der Waals surface area contributed by atoms with Crippen molar-refractivity contribution in [1.29, 1.82) is 5.26 Å². The second kappa shape index (κ2) is 6.45. The topological polar surface area (TPSA) is 139 Å². The van der Waals surface area contributed by atoms with Crippen molar-refractivity contribution in [2.45, 2.75) is 12.3 Å². The van der Waals surface area contributed by atoms with Crippen LogP contribution in [-0.4, -0.2) is 27.0 Å². The molecule has 2 aliphatic heterocycles. The van der Waals surface area contributed by atoms with Crippen LogP contribution in [0.2, 0.25) is 0 Å². The summed E-state index contributed by atoms with van der Waals surface area (Å²) >= 11 is 1.34. The zero-order valence-electron chi connectivity index (χ0n) is 12.9. The van der Waals surface area contributed by atoms with E-state index in [4.69, 9.17) is 5.73 Å². The van der Waals surface area contributed by atoms with E-state index in [0.717, 1.165) is 12.2 Å². The minimum absolute atomic E-state index is 0.0896. The van der Waals surface area contributed by atoms with Crippen LogP contribution in [0.25, 0.3) is 0 Å². The lowest BCUT2D eigenvalue weighted by Gasteiger charge is -2.36. The molecule has 3 rings (SSSR count). The third-order valence-electron chi connectivity index (χ3n) is 4.11. The van der Waals surface area contributed by atoms with Gasteiger partial charge in [0.2, 0.25) is 0 Å². The van der Waals surface area contributed by atoms with Crippen molar-refractivity contribution in [3.63, 3.8) is 0 Å². The highest BCUT2D eigenvalue weighted by molar-refractivity contribution is 8.03. The maximum Gasteiger partial charge on any atom is 0.288 e. The molecule has 1 aromatic rings. The molecule has 0 aromatic heterocycles. The maximum atomic E-state index is 11.8. The first kappa shape index (κ1) is 16.8. The minimum Gasteiger partial charge on any atom is -0.384 e. The van der Waals surface area contributed by atoms with Crippen molar-refractivity contribution in [3.05, 3.63) is 72.2 Å². The average molecular weight is 359 g/mol. The third kappa shape index (κ3) is 2.78. The van der Waals surface area contributed by atoms with E-state index in [0.29, 0.717) is 17.1 Å². The first-order chi connectivity index (χ1) is 12.0. The summed E-state index contributed by atoms with van der Waals surface area (Å²) in [6.45, 7) is 0.518. The van der Waals surface area contributed by atoms with E-state index >= 15 is 0 Å². The summed E-state index contributed by atoms with van der Waals surface area (Å²) in [5.41, 5.74) is 6.40. The highest BCUT2D eigenvalue weighted by Crippen LogP contribution is 2.45. The van der Waals surface area contributed by atoms with Crippen molar-refractivity contribution >= 4 is 17.4 Å². The first-order valence-corrected chi connectivity index (χ1v) is 8.37. The molecule has 25 heavy (non-hydrogen) atoms. The lowest BCUT2D eigenvalue weighted by Crippen LogP contribution is -2.38. The van der Waals surface area contributed by atoms with Gasteiger partial charge in [-0.1, -0.05) is 12.1 Å². The van der Waals surface area contributed by atoms with Gasteiger partial charge in [-0.2, -0.15) is 5.26 Å². The van der Waals surface area contributed by atoms with Crippen molar-refractivity contribution in [3.8, 4) is 6.07 Å². The summed E-state index contributed by atoms with van der Waals surface area (Å²) in [6.07, 6.45) is 0.806. The lowest BCUT2D eigenvalue weighted by atomic mass is 9.86. The second-order valence-electron chi connectivity index (χ2n) is 5.49. The van der Waals surface area contributed by atoms with Gasteiger partial charge in [-0.15, -0.1) is 11.8 Å². The van der Waals surface area contributed by atoms with Gasteiger partial charge in [0.15, 0.2) is 5.03 Å². The average Bonchev–Trinajstić information content (AvgIpc) is 2.61. The summed E-state index contributed by atoms with van der Waals surface area (Å²) < 4.78 is 0. The lowest BCUT2D eigenvalue weighted by molar-refractivity contribution is -0.431. The predicted molar refractivity (Wildman–Crippen MR) is 90.5 cm³/mol. The van der Waals surface area contributed by atoms with E-state index in [2.05, 4.69) is 0 Å². The molecule has 1 saturated heterocycles. The van der Waals surface area contributed by atoms with Crippen molar-refractivity contribution in [2.75, 3.05) is 12.3 Å². The number of nitro benzene ring substituents is 1. The number of hydrogen-bond acceptors (Lipinski definition) is 8. The molecule has 2 aliphatic rings. The molecule has 10 heteroatoms. The smallest absolute Gasteiger partial charge is 0.288 e. The first-order valence-electron chi connectivity index (χ1n) is 7.38. The highest BCUT2D eigenvalue weighted by Gasteiger charge is 2.43. The number of rotatable bonds is 3. The molecule has 0 saturated carbocycles. The van der Waals surface area contributed by atoms with Gasteiger partial charge in [0.25, 0.3) is 11.4 Å². The van der Waals surface area contributed by atoms with Gasteiger partial charge in [-0.3, -0.25) is 20.2 Å². The maximum absolute atomic E-state index is 11.8. The Morgan fingerprint density at radius 2 is 1.92 bits per heavy atom. The number of nitrogens with zero attached hydrogens (tertiary/aromatic N) is 4. The quantitative estimate of drug-likeness (QED) is 0.640. The fourth-order valence-corrected chi connectivity index (χ4v) is 4.14. The predicted octanol–water partition coefficient (Wildman–Crippen LogP) is 2.27. The number of benzene rings is 1. The van der Waals surface area contributed by atoms with Crippen molar-refractivity contribution < 1.29 is 9.85 Å². The van der Waals surface area contributed by atoms with Gasteiger partial charge < -0.3 is 10.6 Å². The molecule has 2 heterocycles. The van der Waals surface area contributed by atoms with Crippen LogP contribution in [0.15, 0.2) is 46.4 Å². The SMILES string of the molecule is N#CC1=C(N)N2CCCSC2=C([N+](=O)[O-])C1c1ccc([N+](=O)[O-])cc1. The van der Waals surface area contributed by atoms with Gasteiger partial charge in [-0.25, -0.2) is 0 Å². The minimum atomic E-state index is -0.947. The number of hydrogen-bond donors (Lipinski definition) is 1. The molecular weight excluding hydrogens is 346 g/mol. The van der Waals surface area contributed by atoms with Crippen LogP contribution in [0, 0.1) is 31.6 Å². The Morgan fingerprint density at radius 1 is 1.24 bits per heavy atom. The van der Waals surface area contributed by atoms with Crippen LogP contribution in [0.4, 0.5) is 5.69 Å². The molecule has 0 bridgehead atoms. The molecule has 0 amide bonds. The van der Waals surface area contributed by atoms with E-state index in [-0.39, 0.29) is 22.8 Å². The van der Waals surface area contributed by atoms with Crippen molar-refractivity contribution in [1.82, 2.24) is 4.90 Å². The van der Waals surface area contributed by atoms with E-state index in [1.807, 2.05) is 6.07 Å². The summed E-state index contributed by atoms with van der Waals surface area (Å²) in [6, 6.07) is 7.39. The van der Waals surface area contributed by atoms with Gasteiger partial charge in [0.1, 0.15) is 11.7 Å². The molecule has 9 nitrogen and oxygen atoms in total. The van der Waals surface area contributed by atoms with Gasteiger partial charge in [0.05, 0.1) is 21.5 Å². The second-order valence-corrected chi connectivity index (χ2v) is 6.58. The van der Waals surface area contributed by atoms with Crippen molar-refractivity contribution in [2.24, 2.45) is 5.73 Å². The van der Waals surface area contributed by atoms with Crippen LogP contribution in [0.5, 0.6) is 0 Å². The number of allylic oxidation sites excluding steroid dienone is 1. The Kier molecular flexibility index (Phi) is 4.33. The number of fused-ring (bicyclic) bond motifs is 1. The fraction of sp³-hybridized carbons (Fsp3) is 0.267. The van der Waals surface area contributed by atoms with E-state index in [9.17, 15) is 25.5 Å². The van der Waals surface area contributed by atoms with Gasteiger partial charge in [0, 0.05) is 24.4 Å². The molecule has 2 N–H and O–H groups in total. The Hall–Kier alpha value is -3.06. The molecule has 0 radical (unpaired) electrons. The van der Waals surface area contributed by atoms with Gasteiger partial charge in [-0.05, 0) is 12.0 Å². The van der Waals surface area contributed by atoms with E-state index in [1.165, 1.54) is 36.0 Å². The Morgan fingerprint density at radius 3 is 2.48 bits per heavy atom. The third-order valence-corrected chi connectivity index (χ3v) is 5.31. The summed E-state index contributed by atoms with van der Waals surface area (Å²) in [5, 5.41) is 32.6. The standard InChI is InChI=1S/C15H13N5O4S/c16-8-11-12(9-2-4-10(5-3-9)19(21)22)13(20(23)24)15-18(14(11)17)6-1-7-25-15/h2-5,12H,1,6-7,17H2. The zero-order chi connectivity index (χ0) is 18.1. The summed E-state index contributed by atoms with van der Waals surface area (Å²) in [7, 11) is 0. The molecule has 0 aliphatic carbocycles. The fourth-order valence-electron chi connectivity index (χ4n) is 2.98. The number of non-ortho nitro benzene ring substituents is 1. The molecule has 1 aromatic carbocycles. The van der Waals surface area contributed by atoms with E-state index < -0.39 is 15.8 Å². The Bertz CT molecular complexity index is 856. The molecule has 1 fully saturated rings. The largest absolute Gasteiger partial charge is 0.384 e.